The number of hydrogen-bond acceptors (Lipinski definition) is 9. The lowest BCUT2D eigenvalue weighted by Gasteiger charge is -2.37. The van der Waals surface area contributed by atoms with Crippen LogP contribution in [0.3, 0.4) is 0 Å². The highest BCUT2D eigenvalue weighted by molar-refractivity contribution is 5.84. The summed E-state index contributed by atoms with van der Waals surface area (Å²) >= 11 is 0. The van der Waals surface area contributed by atoms with Gasteiger partial charge >= 0.3 is 0 Å². The topological polar surface area (TPSA) is 108 Å². The van der Waals surface area contributed by atoms with Gasteiger partial charge in [-0.1, -0.05) is 24.4 Å². The SMILES string of the molecule is Cc1noc(-c2cc3c(C4CCCCC4)nc(N4CC(C)OC(c5cnn(C6CC6)c5)C4)nc3nc2C)n1. The molecule has 4 aromatic rings. The highest BCUT2D eigenvalue weighted by atomic mass is 16.5. The second-order valence-corrected chi connectivity index (χ2v) is 11.2. The van der Waals surface area contributed by atoms with Gasteiger partial charge in [-0.05, 0) is 52.5 Å². The van der Waals surface area contributed by atoms with E-state index < -0.39 is 0 Å². The van der Waals surface area contributed by atoms with Crippen LogP contribution in [-0.4, -0.2) is 54.1 Å². The summed E-state index contributed by atoms with van der Waals surface area (Å²) in [5.74, 6) is 2.23. The highest BCUT2D eigenvalue weighted by Crippen LogP contribution is 2.39. The molecule has 10 heteroatoms. The Balaban J connectivity index is 1.28. The van der Waals surface area contributed by atoms with Crippen molar-refractivity contribution in [2.24, 2.45) is 0 Å². The predicted octanol–water partition coefficient (Wildman–Crippen LogP) is 5.24. The van der Waals surface area contributed by atoms with E-state index in [0.717, 1.165) is 58.9 Å². The second kappa shape index (κ2) is 9.41. The third-order valence-electron chi connectivity index (χ3n) is 8.10. The summed E-state index contributed by atoms with van der Waals surface area (Å²) in [4.78, 5) is 22.0. The summed E-state index contributed by atoms with van der Waals surface area (Å²) < 4.78 is 14.0. The van der Waals surface area contributed by atoms with Gasteiger partial charge in [-0.2, -0.15) is 15.1 Å². The molecule has 0 aromatic carbocycles. The first-order chi connectivity index (χ1) is 18.5. The molecule has 4 aromatic heterocycles. The van der Waals surface area contributed by atoms with Crippen LogP contribution in [0.1, 0.15) is 92.7 Å². The number of anilines is 1. The number of aromatic nitrogens is 7. The third kappa shape index (κ3) is 4.44. The van der Waals surface area contributed by atoms with E-state index in [0.29, 0.717) is 30.2 Å². The number of morpholine rings is 1. The average Bonchev–Trinajstić information content (AvgIpc) is 3.49. The maximum absolute atomic E-state index is 6.37. The van der Waals surface area contributed by atoms with Crippen molar-refractivity contribution < 1.29 is 9.26 Å². The molecule has 5 heterocycles. The summed E-state index contributed by atoms with van der Waals surface area (Å²) in [6.07, 6.45) is 12.5. The van der Waals surface area contributed by atoms with Gasteiger partial charge in [0.05, 0.1) is 41.8 Å². The zero-order chi connectivity index (χ0) is 25.8. The van der Waals surface area contributed by atoms with Gasteiger partial charge in [0, 0.05) is 29.6 Å². The van der Waals surface area contributed by atoms with Crippen LogP contribution in [0.15, 0.2) is 23.0 Å². The zero-order valence-corrected chi connectivity index (χ0v) is 22.3. The minimum absolute atomic E-state index is 0.0493. The van der Waals surface area contributed by atoms with Crippen molar-refractivity contribution in [3.05, 3.63) is 41.2 Å². The van der Waals surface area contributed by atoms with E-state index in [9.17, 15) is 0 Å². The molecule has 0 radical (unpaired) electrons. The number of nitrogens with zero attached hydrogens (tertiary/aromatic N) is 8. The first kappa shape index (κ1) is 23.7. The standard InChI is InChI=1S/C28H34N8O2/c1-16-13-35(15-24(37-16)20-12-29-36(14-20)21-9-10-21)28-32-25(19-7-5-4-6-8-19)23-11-22(17(2)30-26(23)33-28)27-31-18(3)34-38-27/h11-12,14,16,19,21,24H,4-10,13,15H2,1-3H3. The van der Waals surface area contributed by atoms with Crippen LogP contribution < -0.4 is 4.90 Å². The summed E-state index contributed by atoms with van der Waals surface area (Å²) in [5.41, 5.74) is 4.60. The van der Waals surface area contributed by atoms with Crippen LogP contribution in [0.5, 0.6) is 0 Å². The fraction of sp³-hybridized carbons (Fsp3) is 0.571. The first-order valence-corrected chi connectivity index (χ1v) is 14.0. The average molecular weight is 515 g/mol. The van der Waals surface area contributed by atoms with Crippen LogP contribution in [0.2, 0.25) is 0 Å². The van der Waals surface area contributed by atoms with Gasteiger partial charge < -0.3 is 14.2 Å². The van der Waals surface area contributed by atoms with Gasteiger partial charge in [-0.3, -0.25) is 4.68 Å². The molecule has 198 valence electrons. The maximum atomic E-state index is 6.37. The Hall–Kier alpha value is -3.40. The molecule has 0 spiro atoms. The molecule has 0 bridgehead atoms. The Morgan fingerprint density at radius 3 is 2.55 bits per heavy atom. The number of fused-ring (bicyclic) bond motifs is 1. The lowest BCUT2D eigenvalue weighted by atomic mass is 9.85. The summed E-state index contributed by atoms with van der Waals surface area (Å²) in [6.45, 7) is 7.35. The van der Waals surface area contributed by atoms with E-state index in [4.69, 9.17) is 24.2 Å². The normalized spacial score (nSPS) is 22.9. The van der Waals surface area contributed by atoms with Gasteiger partial charge in [0.2, 0.25) is 5.95 Å². The molecule has 2 unspecified atom stereocenters. The van der Waals surface area contributed by atoms with Crippen molar-refractivity contribution in [1.82, 2.24) is 34.9 Å². The van der Waals surface area contributed by atoms with E-state index in [2.05, 4.69) is 44.0 Å². The minimum Gasteiger partial charge on any atom is -0.367 e. The lowest BCUT2D eigenvalue weighted by Crippen LogP contribution is -2.43. The Kier molecular flexibility index (Phi) is 5.87. The van der Waals surface area contributed by atoms with E-state index in [-0.39, 0.29) is 12.2 Å². The summed E-state index contributed by atoms with van der Waals surface area (Å²) in [5, 5.41) is 9.57. The monoisotopic (exact) mass is 514 g/mol. The molecule has 10 nitrogen and oxygen atoms in total. The van der Waals surface area contributed by atoms with Crippen LogP contribution in [0.4, 0.5) is 5.95 Å². The van der Waals surface area contributed by atoms with E-state index in [1.165, 1.54) is 32.1 Å². The van der Waals surface area contributed by atoms with E-state index >= 15 is 0 Å². The molecule has 38 heavy (non-hydrogen) atoms. The number of aryl methyl sites for hydroxylation is 2. The molecular formula is C28H34N8O2. The third-order valence-corrected chi connectivity index (χ3v) is 8.10. The molecule has 3 fully saturated rings. The van der Waals surface area contributed by atoms with Gasteiger partial charge in [-0.25, -0.2) is 9.97 Å². The van der Waals surface area contributed by atoms with Gasteiger partial charge in [0.15, 0.2) is 11.5 Å². The Morgan fingerprint density at radius 2 is 1.79 bits per heavy atom. The molecule has 2 saturated carbocycles. The fourth-order valence-corrected chi connectivity index (χ4v) is 5.96. The van der Waals surface area contributed by atoms with Crippen LogP contribution >= 0.6 is 0 Å². The quantitative estimate of drug-likeness (QED) is 0.353. The molecule has 7 rings (SSSR count). The van der Waals surface area contributed by atoms with Crippen molar-refractivity contribution in [3.63, 3.8) is 0 Å². The summed E-state index contributed by atoms with van der Waals surface area (Å²) in [7, 11) is 0. The first-order valence-electron chi connectivity index (χ1n) is 14.0. The highest BCUT2D eigenvalue weighted by Gasteiger charge is 2.32. The molecule has 0 amide bonds. The molecule has 1 saturated heterocycles. The number of pyridine rings is 1. The predicted molar refractivity (Wildman–Crippen MR) is 142 cm³/mol. The van der Waals surface area contributed by atoms with Crippen molar-refractivity contribution >= 4 is 17.0 Å². The Labute approximate surface area is 221 Å². The Morgan fingerprint density at radius 1 is 0.947 bits per heavy atom. The smallest absolute Gasteiger partial charge is 0.259 e. The molecule has 2 atom stereocenters. The second-order valence-electron chi connectivity index (χ2n) is 11.2. The van der Waals surface area contributed by atoms with Crippen molar-refractivity contribution in [2.75, 3.05) is 18.0 Å². The Bertz CT molecular complexity index is 1470. The number of hydrogen-bond donors (Lipinski definition) is 0. The van der Waals surface area contributed by atoms with E-state index in [1.54, 1.807) is 0 Å². The van der Waals surface area contributed by atoms with E-state index in [1.807, 2.05) is 20.0 Å². The van der Waals surface area contributed by atoms with Gasteiger partial charge in [0.1, 0.15) is 6.10 Å². The minimum atomic E-state index is -0.0680. The van der Waals surface area contributed by atoms with Gasteiger partial charge in [-0.15, -0.1) is 0 Å². The molecule has 2 aliphatic carbocycles. The molecule has 1 aliphatic heterocycles. The maximum Gasteiger partial charge on any atom is 0.259 e. The number of rotatable bonds is 5. The molecular weight excluding hydrogens is 480 g/mol. The van der Waals surface area contributed by atoms with Crippen molar-refractivity contribution in [2.45, 2.75) is 89.9 Å². The summed E-state index contributed by atoms with van der Waals surface area (Å²) in [6, 6.07) is 2.66. The largest absolute Gasteiger partial charge is 0.367 e. The van der Waals surface area contributed by atoms with Crippen molar-refractivity contribution in [1.29, 1.82) is 0 Å². The van der Waals surface area contributed by atoms with Crippen LogP contribution in [0.25, 0.3) is 22.5 Å². The lowest BCUT2D eigenvalue weighted by molar-refractivity contribution is -0.0179. The van der Waals surface area contributed by atoms with Crippen molar-refractivity contribution in [3.8, 4) is 11.5 Å². The molecule has 3 aliphatic rings. The molecule has 0 N–H and O–H groups in total. The van der Waals surface area contributed by atoms with Crippen LogP contribution in [0, 0.1) is 13.8 Å². The fourth-order valence-electron chi connectivity index (χ4n) is 5.96. The van der Waals surface area contributed by atoms with Gasteiger partial charge in [0.25, 0.3) is 5.89 Å². The zero-order valence-electron chi connectivity index (χ0n) is 22.3. The van der Waals surface area contributed by atoms with Crippen LogP contribution in [-0.2, 0) is 4.74 Å². The number of ether oxygens (including phenoxy) is 1.